The van der Waals surface area contributed by atoms with Crippen molar-refractivity contribution in [3.05, 3.63) is 78.0 Å². The second kappa shape index (κ2) is 6.14. The molecular formula is C19H15NO2. The summed E-state index contributed by atoms with van der Waals surface area (Å²) in [4.78, 5) is 4.31. The van der Waals surface area contributed by atoms with Crippen molar-refractivity contribution in [2.45, 2.75) is 0 Å². The Kier molecular flexibility index (Phi) is 3.88. The summed E-state index contributed by atoms with van der Waals surface area (Å²) in [6, 6.07) is 18.0. The SMILES string of the molecule is Oc1cccc(/C=C/c2ccnc(-c3ccccc3O)c2)c1. The molecule has 22 heavy (non-hydrogen) atoms. The predicted molar refractivity (Wildman–Crippen MR) is 88.4 cm³/mol. The van der Waals surface area contributed by atoms with Crippen LogP contribution in [0.15, 0.2) is 66.9 Å². The maximum absolute atomic E-state index is 9.91. The van der Waals surface area contributed by atoms with Crippen molar-refractivity contribution in [1.82, 2.24) is 4.98 Å². The Morgan fingerprint density at radius 3 is 2.32 bits per heavy atom. The summed E-state index contributed by atoms with van der Waals surface area (Å²) in [5.74, 6) is 0.455. The maximum Gasteiger partial charge on any atom is 0.124 e. The van der Waals surface area contributed by atoms with Crippen molar-refractivity contribution in [3.8, 4) is 22.8 Å². The lowest BCUT2D eigenvalue weighted by atomic mass is 10.1. The van der Waals surface area contributed by atoms with Crippen LogP contribution in [-0.2, 0) is 0 Å². The molecule has 0 radical (unpaired) electrons. The van der Waals surface area contributed by atoms with Crippen LogP contribution in [0.5, 0.6) is 11.5 Å². The minimum Gasteiger partial charge on any atom is -0.508 e. The van der Waals surface area contributed by atoms with E-state index in [0.717, 1.165) is 16.8 Å². The van der Waals surface area contributed by atoms with Crippen LogP contribution >= 0.6 is 0 Å². The van der Waals surface area contributed by atoms with Crippen LogP contribution in [0.25, 0.3) is 23.4 Å². The van der Waals surface area contributed by atoms with Gasteiger partial charge in [0, 0.05) is 11.8 Å². The van der Waals surface area contributed by atoms with E-state index in [-0.39, 0.29) is 11.5 Å². The van der Waals surface area contributed by atoms with Crippen molar-refractivity contribution in [1.29, 1.82) is 0 Å². The number of hydrogen-bond acceptors (Lipinski definition) is 3. The molecule has 3 heteroatoms. The number of pyridine rings is 1. The van der Waals surface area contributed by atoms with Crippen LogP contribution < -0.4 is 0 Å². The fourth-order valence-electron chi connectivity index (χ4n) is 2.21. The maximum atomic E-state index is 9.91. The largest absolute Gasteiger partial charge is 0.508 e. The lowest BCUT2D eigenvalue weighted by Gasteiger charge is -2.04. The molecule has 0 spiro atoms. The van der Waals surface area contributed by atoms with Gasteiger partial charge in [0.1, 0.15) is 11.5 Å². The van der Waals surface area contributed by atoms with E-state index in [4.69, 9.17) is 0 Å². The molecule has 0 aliphatic heterocycles. The van der Waals surface area contributed by atoms with Crippen LogP contribution in [0.4, 0.5) is 0 Å². The number of nitrogens with zero attached hydrogens (tertiary/aromatic N) is 1. The number of hydrogen-bond donors (Lipinski definition) is 2. The van der Waals surface area contributed by atoms with Crippen LogP contribution in [0, 0.1) is 0 Å². The second-order valence-corrected chi connectivity index (χ2v) is 4.92. The average molecular weight is 289 g/mol. The Bertz CT molecular complexity index is 825. The molecule has 2 aromatic carbocycles. The summed E-state index contributed by atoms with van der Waals surface area (Å²) in [5, 5.41) is 19.4. The smallest absolute Gasteiger partial charge is 0.124 e. The standard InChI is InChI=1S/C19H15NO2/c21-16-5-3-4-14(12-16)8-9-15-10-11-20-18(13-15)17-6-1-2-7-19(17)22/h1-13,21-22H/b9-8+. The first kappa shape index (κ1) is 13.9. The summed E-state index contributed by atoms with van der Waals surface area (Å²) >= 11 is 0. The Morgan fingerprint density at radius 2 is 1.55 bits per heavy atom. The number of phenols is 2. The molecule has 0 saturated carbocycles. The first-order chi connectivity index (χ1) is 10.7. The molecular weight excluding hydrogens is 274 g/mol. The van der Waals surface area contributed by atoms with Gasteiger partial charge in [-0.15, -0.1) is 0 Å². The molecule has 0 amide bonds. The van der Waals surface area contributed by atoms with E-state index < -0.39 is 0 Å². The molecule has 0 atom stereocenters. The fourth-order valence-corrected chi connectivity index (χ4v) is 2.21. The van der Waals surface area contributed by atoms with Gasteiger partial charge in [-0.25, -0.2) is 0 Å². The predicted octanol–water partition coefficient (Wildman–Crippen LogP) is 4.33. The Balaban J connectivity index is 1.90. The van der Waals surface area contributed by atoms with Gasteiger partial charge in [-0.05, 0) is 47.5 Å². The van der Waals surface area contributed by atoms with Crippen molar-refractivity contribution in [2.75, 3.05) is 0 Å². The highest BCUT2D eigenvalue weighted by Crippen LogP contribution is 2.27. The van der Waals surface area contributed by atoms with Gasteiger partial charge in [0.05, 0.1) is 5.69 Å². The number of benzene rings is 2. The molecule has 1 heterocycles. The lowest BCUT2D eigenvalue weighted by molar-refractivity contribution is 0.475. The zero-order chi connectivity index (χ0) is 15.4. The van der Waals surface area contributed by atoms with E-state index in [1.165, 1.54) is 0 Å². The number of aromatic hydroxyl groups is 2. The third-order valence-corrected chi connectivity index (χ3v) is 3.30. The van der Waals surface area contributed by atoms with E-state index in [9.17, 15) is 10.2 Å². The molecule has 0 saturated heterocycles. The average Bonchev–Trinajstić information content (AvgIpc) is 2.54. The third kappa shape index (κ3) is 3.15. The summed E-state index contributed by atoms with van der Waals surface area (Å²) in [7, 11) is 0. The van der Waals surface area contributed by atoms with E-state index in [0.29, 0.717) is 5.56 Å². The first-order valence-electron chi connectivity index (χ1n) is 6.94. The number of phenolic OH excluding ortho intramolecular Hbond substituents is 2. The van der Waals surface area contributed by atoms with Crippen LogP contribution in [-0.4, -0.2) is 15.2 Å². The molecule has 0 aliphatic rings. The Hall–Kier alpha value is -3.07. The number of para-hydroxylation sites is 1. The van der Waals surface area contributed by atoms with Crippen molar-refractivity contribution in [2.24, 2.45) is 0 Å². The van der Waals surface area contributed by atoms with E-state index in [1.807, 2.05) is 42.5 Å². The van der Waals surface area contributed by atoms with Crippen LogP contribution in [0.3, 0.4) is 0 Å². The summed E-state index contributed by atoms with van der Waals surface area (Å²) in [5.41, 5.74) is 3.31. The van der Waals surface area contributed by atoms with Gasteiger partial charge >= 0.3 is 0 Å². The summed E-state index contributed by atoms with van der Waals surface area (Å²) < 4.78 is 0. The van der Waals surface area contributed by atoms with Crippen LogP contribution in [0.1, 0.15) is 11.1 Å². The van der Waals surface area contributed by atoms with Gasteiger partial charge in [-0.3, -0.25) is 4.98 Å². The number of aromatic nitrogens is 1. The normalized spacial score (nSPS) is 10.9. The molecule has 0 bridgehead atoms. The van der Waals surface area contributed by atoms with Gasteiger partial charge < -0.3 is 10.2 Å². The molecule has 3 nitrogen and oxygen atoms in total. The Labute approximate surface area is 128 Å². The minimum atomic E-state index is 0.212. The molecule has 108 valence electrons. The molecule has 0 unspecified atom stereocenters. The zero-order valence-corrected chi connectivity index (χ0v) is 11.8. The molecule has 3 aromatic rings. The second-order valence-electron chi connectivity index (χ2n) is 4.92. The van der Waals surface area contributed by atoms with Crippen molar-refractivity contribution in [3.63, 3.8) is 0 Å². The highest BCUT2D eigenvalue weighted by Gasteiger charge is 2.04. The van der Waals surface area contributed by atoms with Crippen molar-refractivity contribution < 1.29 is 10.2 Å². The first-order valence-corrected chi connectivity index (χ1v) is 6.94. The molecule has 1 aromatic heterocycles. The highest BCUT2D eigenvalue weighted by atomic mass is 16.3. The molecule has 3 rings (SSSR count). The lowest BCUT2D eigenvalue weighted by Crippen LogP contribution is -1.85. The van der Waals surface area contributed by atoms with E-state index >= 15 is 0 Å². The van der Waals surface area contributed by atoms with Gasteiger partial charge in [0.2, 0.25) is 0 Å². The van der Waals surface area contributed by atoms with Crippen LogP contribution in [0.2, 0.25) is 0 Å². The zero-order valence-electron chi connectivity index (χ0n) is 11.8. The van der Waals surface area contributed by atoms with E-state index in [2.05, 4.69) is 4.98 Å². The monoisotopic (exact) mass is 289 g/mol. The van der Waals surface area contributed by atoms with Gasteiger partial charge in [-0.2, -0.15) is 0 Å². The quantitative estimate of drug-likeness (QED) is 0.754. The van der Waals surface area contributed by atoms with Gasteiger partial charge in [0.15, 0.2) is 0 Å². The fraction of sp³-hybridized carbons (Fsp3) is 0. The molecule has 2 N–H and O–H groups in total. The van der Waals surface area contributed by atoms with Gasteiger partial charge in [-0.1, -0.05) is 36.4 Å². The van der Waals surface area contributed by atoms with Crippen molar-refractivity contribution >= 4 is 12.2 Å². The summed E-state index contributed by atoms with van der Waals surface area (Å²) in [6.07, 6.45) is 5.58. The third-order valence-electron chi connectivity index (χ3n) is 3.30. The van der Waals surface area contributed by atoms with Gasteiger partial charge in [0.25, 0.3) is 0 Å². The minimum absolute atomic E-state index is 0.212. The highest BCUT2D eigenvalue weighted by molar-refractivity contribution is 5.74. The summed E-state index contributed by atoms with van der Waals surface area (Å²) in [6.45, 7) is 0. The Morgan fingerprint density at radius 1 is 0.773 bits per heavy atom. The number of rotatable bonds is 3. The topological polar surface area (TPSA) is 53.4 Å². The van der Waals surface area contributed by atoms with E-state index in [1.54, 1.807) is 36.5 Å². The molecule has 0 fully saturated rings. The molecule has 0 aliphatic carbocycles.